The minimum Gasteiger partial charge on any atom is -0.0890 e. The molecule has 0 atom stereocenters. The van der Waals surface area contributed by atoms with Crippen molar-refractivity contribution < 1.29 is 0 Å². The summed E-state index contributed by atoms with van der Waals surface area (Å²) in [6.45, 7) is 0. The molecule has 0 nitrogen and oxygen atoms in total. The third-order valence-corrected chi connectivity index (χ3v) is 2.56. The Kier molecular flexibility index (Phi) is 2.90. The normalized spacial score (nSPS) is 10.1. The number of hydrogen-bond donors (Lipinski definition) is 0. The van der Waals surface area contributed by atoms with Gasteiger partial charge in [0.15, 0.2) is 0 Å². The Morgan fingerprint density at radius 3 is 1.86 bits per heavy atom. The standard InChI is InChI=1S/C13H11S/c14-10-11-6-8-13(9-7-11)12-4-2-1-3-5-12/h1-9H,10H2. The second-order valence-electron chi connectivity index (χ2n) is 3.21. The van der Waals surface area contributed by atoms with E-state index in [-0.39, 0.29) is 0 Å². The molecule has 0 N–H and O–H groups in total. The molecule has 2 aromatic rings. The van der Waals surface area contributed by atoms with E-state index in [9.17, 15) is 0 Å². The Balaban J connectivity index is 2.34. The maximum absolute atomic E-state index is 4.98. The molecule has 2 rings (SSSR count). The first kappa shape index (κ1) is 9.35. The van der Waals surface area contributed by atoms with Crippen LogP contribution in [-0.4, -0.2) is 0 Å². The van der Waals surface area contributed by atoms with Gasteiger partial charge >= 0.3 is 0 Å². The van der Waals surface area contributed by atoms with E-state index in [0.717, 1.165) is 0 Å². The summed E-state index contributed by atoms with van der Waals surface area (Å²) in [5.41, 5.74) is 3.71. The smallest absolute Gasteiger partial charge is 0.0288 e. The molecule has 0 amide bonds. The molecule has 0 aliphatic rings. The first-order valence-corrected chi connectivity index (χ1v) is 5.20. The maximum atomic E-state index is 4.98. The second-order valence-corrected chi connectivity index (χ2v) is 3.50. The van der Waals surface area contributed by atoms with Crippen LogP contribution < -0.4 is 0 Å². The molecular weight excluding hydrogens is 188 g/mol. The molecule has 1 radical (unpaired) electrons. The lowest BCUT2D eigenvalue weighted by Crippen LogP contribution is -1.79. The minimum absolute atomic E-state index is 0.690. The van der Waals surface area contributed by atoms with Crippen molar-refractivity contribution in [3.8, 4) is 11.1 Å². The molecule has 69 valence electrons. The molecule has 14 heavy (non-hydrogen) atoms. The summed E-state index contributed by atoms with van der Waals surface area (Å²) < 4.78 is 0. The summed E-state index contributed by atoms with van der Waals surface area (Å²) in [7, 11) is 0. The fourth-order valence-electron chi connectivity index (χ4n) is 1.42. The van der Waals surface area contributed by atoms with E-state index in [2.05, 4.69) is 48.5 Å². The van der Waals surface area contributed by atoms with Crippen LogP contribution in [0.1, 0.15) is 5.56 Å². The van der Waals surface area contributed by atoms with Gasteiger partial charge in [0.05, 0.1) is 0 Å². The van der Waals surface area contributed by atoms with Crippen molar-refractivity contribution in [2.24, 2.45) is 0 Å². The van der Waals surface area contributed by atoms with Crippen molar-refractivity contribution in [2.45, 2.75) is 5.75 Å². The highest BCUT2D eigenvalue weighted by Gasteiger charge is 1.95. The van der Waals surface area contributed by atoms with Crippen LogP contribution in [0.5, 0.6) is 0 Å². The second kappa shape index (κ2) is 4.34. The summed E-state index contributed by atoms with van der Waals surface area (Å²) >= 11 is 4.98. The van der Waals surface area contributed by atoms with Gasteiger partial charge in [-0.15, -0.1) is 0 Å². The van der Waals surface area contributed by atoms with Crippen LogP contribution in [-0.2, 0) is 5.75 Å². The monoisotopic (exact) mass is 199 g/mol. The van der Waals surface area contributed by atoms with Gasteiger partial charge in [0, 0.05) is 5.75 Å². The van der Waals surface area contributed by atoms with E-state index in [1.54, 1.807) is 0 Å². The SMILES string of the molecule is [S]Cc1ccc(-c2ccccc2)cc1. The predicted octanol–water partition coefficient (Wildman–Crippen LogP) is 4.05. The number of hydrogen-bond acceptors (Lipinski definition) is 0. The van der Waals surface area contributed by atoms with Crippen LogP contribution in [0.2, 0.25) is 0 Å². The number of rotatable bonds is 2. The van der Waals surface area contributed by atoms with Crippen LogP contribution in [0.25, 0.3) is 11.1 Å². The molecule has 0 fully saturated rings. The summed E-state index contributed by atoms with van der Waals surface area (Å²) in [4.78, 5) is 0. The predicted molar refractivity (Wildman–Crippen MR) is 63.2 cm³/mol. The molecule has 0 saturated carbocycles. The van der Waals surface area contributed by atoms with Gasteiger partial charge in [-0.2, -0.15) is 0 Å². The Morgan fingerprint density at radius 2 is 1.29 bits per heavy atom. The van der Waals surface area contributed by atoms with Gasteiger partial charge in [0.1, 0.15) is 0 Å². The molecule has 0 saturated heterocycles. The van der Waals surface area contributed by atoms with Crippen molar-refractivity contribution in [3.63, 3.8) is 0 Å². The Labute approximate surface area is 90.0 Å². The highest BCUT2D eigenvalue weighted by molar-refractivity contribution is 7.79. The van der Waals surface area contributed by atoms with Crippen molar-refractivity contribution in [2.75, 3.05) is 0 Å². The molecule has 0 bridgehead atoms. The largest absolute Gasteiger partial charge is 0.0890 e. The van der Waals surface area contributed by atoms with Crippen LogP contribution >= 0.6 is 12.6 Å². The first-order valence-electron chi connectivity index (χ1n) is 4.62. The number of benzene rings is 2. The van der Waals surface area contributed by atoms with Crippen LogP contribution in [0.4, 0.5) is 0 Å². The van der Waals surface area contributed by atoms with Gasteiger partial charge in [-0.25, -0.2) is 0 Å². The summed E-state index contributed by atoms with van der Waals surface area (Å²) in [6, 6.07) is 18.8. The highest BCUT2D eigenvalue weighted by Crippen LogP contribution is 2.19. The zero-order valence-corrected chi connectivity index (χ0v) is 8.63. The lowest BCUT2D eigenvalue weighted by molar-refractivity contribution is 1.43. The Bertz CT molecular complexity index is 389. The fraction of sp³-hybridized carbons (Fsp3) is 0.0769. The van der Waals surface area contributed by atoms with Gasteiger partial charge in [0.25, 0.3) is 0 Å². The molecule has 0 spiro atoms. The van der Waals surface area contributed by atoms with Gasteiger partial charge in [0.2, 0.25) is 0 Å². The maximum Gasteiger partial charge on any atom is 0.0288 e. The lowest BCUT2D eigenvalue weighted by Gasteiger charge is -2.01. The highest BCUT2D eigenvalue weighted by atomic mass is 32.1. The van der Waals surface area contributed by atoms with Gasteiger partial charge in [-0.05, 0) is 16.7 Å². The topological polar surface area (TPSA) is 0 Å². The molecule has 2 aromatic carbocycles. The summed E-state index contributed by atoms with van der Waals surface area (Å²) in [5, 5.41) is 0. The molecule has 0 aromatic heterocycles. The summed E-state index contributed by atoms with van der Waals surface area (Å²) in [6.07, 6.45) is 0. The molecule has 0 aliphatic heterocycles. The van der Waals surface area contributed by atoms with Crippen LogP contribution in [0, 0.1) is 0 Å². The van der Waals surface area contributed by atoms with E-state index in [0.29, 0.717) is 5.75 Å². The van der Waals surface area contributed by atoms with E-state index in [1.807, 2.05) is 6.07 Å². The Morgan fingerprint density at radius 1 is 0.714 bits per heavy atom. The third-order valence-electron chi connectivity index (χ3n) is 2.23. The Hall–Kier alpha value is -1.21. The zero-order chi connectivity index (χ0) is 9.80. The molecule has 0 unspecified atom stereocenters. The average Bonchev–Trinajstić information content (AvgIpc) is 2.30. The molecule has 0 heterocycles. The molecule has 0 aliphatic carbocycles. The van der Waals surface area contributed by atoms with Crippen molar-refractivity contribution >= 4 is 12.6 Å². The van der Waals surface area contributed by atoms with Crippen molar-refractivity contribution in [1.82, 2.24) is 0 Å². The first-order chi connectivity index (χ1) is 6.90. The van der Waals surface area contributed by atoms with Crippen LogP contribution in [0.3, 0.4) is 0 Å². The molecular formula is C13H11S. The van der Waals surface area contributed by atoms with E-state index in [4.69, 9.17) is 12.6 Å². The van der Waals surface area contributed by atoms with Crippen molar-refractivity contribution in [3.05, 3.63) is 60.2 Å². The van der Waals surface area contributed by atoms with Gasteiger partial charge in [-0.3, -0.25) is 0 Å². The molecule has 1 heteroatoms. The zero-order valence-electron chi connectivity index (χ0n) is 7.81. The third kappa shape index (κ3) is 1.99. The van der Waals surface area contributed by atoms with Crippen molar-refractivity contribution in [1.29, 1.82) is 0 Å². The quantitative estimate of drug-likeness (QED) is 0.684. The summed E-state index contributed by atoms with van der Waals surface area (Å²) in [5.74, 6) is 0.690. The van der Waals surface area contributed by atoms with Crippen LogP contribution in [0.15, 0.2) is 54.6 Å². The van der Waals surface area contributed by atoms with Gasteiger partial charge in [-0.1, -0.05) is 67.2 Å². The van der Waals surface area contributed by atoms with E-state index >= 15 is 0 Å². The average molecular weight is 199 g/mol. The van der Waals surface area contributed by atoms with Gasteiger partial charge < -0.3 is 0 Å². The van der Waals surface area contributed by atoms with E-state index in [1.165, 1.54) is 16.7 Å². The lowest BCUT2D eigenvalue weighted by atomic mass is 10.0. The van der Waals surface area contributed by atoms with E-state index < -0.39 is 0 Å². The minimum atomic E-state index is 0.690. The fourth-order valence-corrected chi connectivity index (χ4v) is 1.62.